The number of carbonyl (C=O) groups is 1. The number of methoxy groups -OCH3 is 1. The number of aryl methyl sites for hydroxylation is 1. The third-order valence-corrected chi connectivity index (χ3v) is 5.87. The molecular formula is C26H27FN2O2. The summed E-state index contributed by atoms with van der Waals surface area (Å²) in [4.78, 5) is 17.1. The Kier molecular flexibility index (Phi) is 6.33. The fourth-order valence-corrected chi connectivity index (χ4v) is 4.16. The van der Waals surface area contributed by atoms with Crippen molar-refractivity contribution in [1.29, 1.82) is 0 Å². The molecule has 1 atom stereocenters. The summed E-state index contributed by atoms with van der Waals surface area (Å²) in [5.74, 6) is -0.520. The number of carbonyl (C=O) groups excluding carboxylic acids is 1. The molecule has 1 saturated heterocycles. The van der Waals surface area contributed by atoms with Gasteiger partial charge in [-0.05, 0) is 36.2 Å². The highest BCUT2D eigenvalue weighted by atomic mass is 19.1. The van der Waals surface area contributed by atoms with Crippen molar-refractivity contribution in [2.24, 2.45) is 0 Å². The summed E-state index contributed by atoms with van der Waals surface area (Å²) in [5, 5.41) is 0. The van der Waals surface area contributed by atoms with Crippen molar-refractivity contribution in [2.45, 2.75) is 13.0 Å². The average molecular weight is 419 g/mol. The molecule has 4 rings (SSSR count). The normalized spacial score (nSPS) is 15.5. The highest BCUT2D eigenvalue weighted by Gasteiger charge is 2.28. The van der Waals surface area contributed by atoms with Gasteiger partial charge in [-0.3, -0.25) is 9.69 Å². The lowest BCUT2D eigenvalue weighted by Gasteiger charge is -2.40. The minimum absolute atomic E-state index is 0.137. The Labute approximate surface area is 182 Å². The molecule has 3 aromatic carbocycles. The van der Waals surface area contributed by atoms with Crippen LogP contribution >= 0.6 is 0 Å². The molecule has 0 aromatic heterocycles. The standard InChI is InChI=1S/C26H27FN2O2/c1-19-8-10-21(11-9-19)25(20-6-4-3-5-7-20)28-14-16-29(17-15-28)26(30)22-12-13-24(31-2)23(27)18-22/h3-13,18,25H,14-17H2,1-2H3. The van der Waals surface area contributed by atoms with Gasteiger partial charge in [-0.15, -0.1) is 0 Å². The second kappa shape index (κ2) is 9.31. The number of piperazine rings is 1. The van der Waals surface area contributed by atoms with Gasteiger partial charge in [-0.2, -0.15) is 0 Å². The molecule has 0 radical (unpaired) electrons. The molecule has 0 N–H and O–H groups in total. The second-order valence-corrected chi connectivity index (χ2v) is 7.90. The zero-order valence-electron chi connectivity index (χ0n) is 17.9. The summed E-state index contributed by atoms with van der Waals surface area (Å²) in [6.07, 6.45) is 0. The predicted octanol–water partition coefficient (Wildman–Crippen LogP) is 4.69. The molecule has 4 nitrogen and oxygen atoms in total. The maximum absolute atomic E-state index is 14.0. The monoisotopic (exact) mass is 418 g/mol. The molecule has 1 amide bonds. The first-order valence-corrected chi connectivity index (χ1v) is 10.5. The smallest absolute Gasteiger partial charge is 0.254 e. The Morgan fingerprint density at radius 3 is 2.16 bits per heavy atom. The molecule has 1 fully saturated rings. The highest BCUT2D eigenvalue weighted by molar-refractivity contribution is 5.94. The van der Waals surface area contributed by atoms with Crippen molar-refractivity contribution < 1.29 is 13.9 Å². The van der Waals surface area contributed by atoms with Gasteiger partial charge in [0.25, 0.3) is 5.91 Å². The van der Waals surface area contributed by atoms with Gasteiger partial charge in [0.05, 0.1) is 13.2 Å². The van der Waals surface area contributed by atoms with E-state index >= 15 is 0 Å². The number of halogens is 1. The van der Waals surface area contributed by atoms with E-state index in [1.165, 1.54) is 35.9 Å². The second-order valence-electron chi connectivity index (χ2n) is 7.90. The van der Waals surface area contributed by atoms with Crippen LogP contribution in [-0.2, 0) is 0 Å². The van der Waals surface area contributed by atoms with Crippen molar-refractivity contribution >= 4 is 5.91 Å². The Hall–Kier alpha value is -3.18. The molecule has 0 bridgehead atoms. The van der Waals surface area contributed by atoms with Gasteiger partial charge in [-0.25, -0.2) is 4.39 Å². The Morgan fingerprint density at radius 2 is 1.55 bits per heavy atom. The first kappa shape index (κ1) is 21.1. The van der Waals surface area contributed by atoms with Crippen LogP contribution in [0.1, 0.15) is 33.1 Å². The lowest BCUT2D eigenvalue weighted by molar-refractivity contribution is 0.0597. The van der Waals surface area contributed by atoms with Crippen molar-refractivity contribution in [2.75, 3.05) is 33.3 Å². The van der Waals surface area contributed by atoms with E-state index < -0.39 is 5.82 Å². The van der Waals surface area contributed by atoms with Gasteiger partial charge >= 0.3 is 0 Å². The van der Waals surface area contributed by atoms with E-state index in [1.54, 1.807) is 11.0 Å². The first-order chi connectivity index (χ1) is 15.1. The molecule has 5 heteroatoms. The summed E-state index contributed by atoms with van der Waals surface area (Å²) in [6, 6.07) is 23.6. The zero-order chi connectivity index (χ0) is 21.8. The fourth-order valence-electron chi connectivity index (χ4n) is 4.16. The Morgan fingerprint density at radius 1 is 0.903 bits per heavy atom. The lowest BCUT2D eigenvalue weighted by atomic mass is 9.95. The molecule has 1 unspecified atom stereocenters. The summed E-state index contributed by atoms with van der Waals surface area (Å²) in [6.45, 7) is 4.78. The minimum atomic E-state index is -0.518. The van der Waals surface area contributed by atoms with E-state index in [2.05, 4.69) is 60.4 Å². The van der Waals surface area contributed by atoms with Crippen LogP contribution in [0.3, 0.4) is 0 Å². The van der Waals surface area contributed by atoms with Gasteiger partial charge in [-0.1, -0.05) is 60.2 Å². The number of amides is 1. The van der Waals surface area contributed by atoms with Crippen molar-refractivity contribution in [1.82, 2.24) is 9.80 Å². The van der Waals surface area contributed by atoms with Crippen LogP contribution in [0.4, 0.5) is 4.39 Å². The summed E-state index contributed by atoms with van der Waals surface area (Å²) >= 11 is 0. The van der Waals surface area contributed by atoms with Crippen LogP contribution in [0, 0.1) is 12.7 Å². The van der Waals surface area contributed by atoms with Crippen molar-refractivity contribution in [3.8, 4) is 5.75 Å². The van der Waals surface area contributed by atoms with Gasteiger partial charge in [0.1, 0.15) is 0 Å². The summed E-state index contributed by atoms with van der Waals surface area (Å²) in [5.41, 5.74) is 4.07. The summed E-state index contributed by atoms with van der Waals surface area (Å²) in [7, 11) is 1.41. The topological polar surface area (TPSA) is 32.8 Å². The highest BCUT2D eigenvalue weighted by Crippen LogP contribution is 2.30. The molecule has 0 aliphatic carbocycles. The third-order valence-electron chi connectivity index (χ3n) is 5.87. The van der Waals surface area contributed by atoms with E-state index in [0.717, 1.165) is 13.1 Å². The molecule has 160 valence electrons. The number of benzene rings is 3. The van der Waals surface area contributed by atoms with E-state index in [4.69, 9.17) is 4.74 Å². The fraction of sp³-hybridized carbons (Fsp3) is 0.269. The molecule has 0 saturated carbocycles. The molecule has 1 aliphatic rings. The molecule has 1 heterocycles. The first-order valence-electron chi connectivity index (χ1n) is 10.5. The number of ether oxygens (including phenoxy) is 1. The van der Waals surface area contributed by atoms with Gasteiger partial charge in [0, 0.05) is 31.7 Å². The van der Waals surface area contributed by atoms with Gasteiger partial charge in [0.15, 0.2) is 11.6 Å². The van der Waals surface area contributed by atoms with Crippen LogP contribution < -0.4 is 4.74 Å². The number of hydrogen-bond acceptors (Lipinski definition) is 3. The molecule has 3 aromatic rings. The SMILES string of the molecule is COc1ccc(C(=O)N2CCN(C(c3ccccc3)c3ccc(C)cc3)CC2)cc1F. The minimum Gasteiger partial charge on any atom is -0.494 e. The number of rotatable bonds is 5. The molecule has 1 aliphatic heterocycles. The van der Waals surface area contributed by atoms with Crippen LogP contribution in [0.15, 0.2) is 72.8 Å². The third kappa shape index (κ3) is 4.62. The maximum atomic E-state index is 14.0. The van der Waals surface area contributed by atoms with Gasteiger partial charge in [0.2, 0.25) is 0 Å². The molecule has 0 spiro atoms. The van der Waals surface area contributed by atoms with Crippen LogP contribution in [0.25, 0.3) is 0 Å². The number of hydrogen-bond donors (Lipinski definition) is 0. The van der Waals surface area contributed by atoms with Crippen molar-refractivity contribution in [3.05, 3.63) is 101 Å². The van der Waals surface area contributed by atoms with E-state index in [9.17, 15) is 9.18 Å². The van der Waals surface area contributed by atoms with E-state index in [0.29, 0.717) is 18.7 Å². The van der Waals surface area contributed by atoms with Crippen LogP contribution in [0.5, 0.6) is 5.75 Å². The maximum Gasteiger partial charge on any atom is 0.254 e. The molecular weight excluding hydrogens is 391 g/mol. The largest absolute Gasteiger partial charge is 0.494 e. The van der Waals surface area contributed by atoms with Crippen LogP contribution in [0.2, 0.25) is 0 Å². The van der Waals surface area contributed by atoms with E-state index in [1.807, 2.05) is 6.07 Å². The quantitative estimate of drug-likeness (QED) is 0.603. The van der Waals surface area contributed by atoms with Crippen LogP contribution in [-0.4, -0.2) is 49.0 Å². The van der Waals surface area contributed by atoms with E-state index in [-0.39, 0.29) is 17.7 Å². The lowest BCUT2D eigenvalue weighted by Crippen LogP contribution is -2.49. The predicted molar refractivity (Wildman–Crippen MR) is 120 cm³/mol. The zero-order valence-corrected chi connectivity index (χ0v) is 17.9. The van der Waals surface area contributed by atoms with Crippen molar-refractivity contribution in [3.63, 3.8) is 0 Å². The Balaban J connectivity index is 1.50. The molecule has 31 heavy (non-hydrogen) atoms. The average Bonchev–Trinajstić information content (AvgIpc) is 2.81. The number of nitrogens with zero attached hydrogens (tertiary/aromatic N) is 2. The Bertz CT molecular complexity index is 1030. The van der Waals surface area contributed by atoms with Gasteiger partial charge < -0.3 is 9.64 Å². The summed E-state index contributed by atoms with van der Waals surface area (Å²) < 4.78 is 19.0.